The van der Waals surface area contributed by atoms with Gasteiger partial charge in [0.1, 0.15) is 17.2 Å². The molecule has 11 heteroatoms. The van der Waals surface area contributed by atoms with Gasteiger partial charge < -0.3 is 20.1 Å². The second kappa shape index (κ2) is 8.59. The average molecular weight is 472 g/mol. The molecule has 7 nitrogen and oxygen atoms in total. The normalized spacial score (nSPS) is 14.9. The van der Waals surface area contributed by atoms with E-state index in [1.807, 2.05) is 0 Å². The lowest BCUT2D eigenvalue weighted by Crippen LogP contribution is -2.37. The highest BCUT2D eigenvalue weighted by Gasteiger charge is 2.35. The molecule has 2 heterocycles. The predicted octanol–water partition coefficient (Wildman–Crippen LogP) is 4.10. The first-order chi connectivity index (χ1) is 14.8. The Labute approximate surface area is 187 Å². The van der Waals surface area contributed by atoms with Gasteiger partial charge >= 0.3 is 6.18 Å². The van der Waals surface area contributed by atoms with Crippen LogP contribution in [0.2, 0.25) is 5.02 Å². The van der Waals surface area contributed by atoms with Crippen LogP contribution in [0.1, 0.15) is 48.3 Å². The molecule has 1 aromatic carbocycles. The average Bonchev–Trinajstić information content (AvgIpc) is 3.03. The highest BCUT2D eigenvalue weighted by Crippen LogP contribution is 2.36. The molecule has 2 amide bonds. The molecule has 1 unspecified atom stereocenters. The molecular weight excluding hydrogens is 451 g/mol. The van der Waals surface area contributed by atoms with Crippen molar-refractivity contribution in [2.45, 2.75) is 45.1 Å². The Kier molecular flexibility index (Phi) is 6.39. The minimum atomic E-state index is -4.49. The van der Waals surface area contributed by atoms with Gasteiger partial charge in [-0.05, 0) is 44.5 Å². The third-order valence-corrected chi connectivity index (χ3v) is 5.26. The van der Waals surface area contributed by atoms with Crippen molar-refractivity contribution in [2.24, 2.45) is 0 Å². The maximum absolute atomic E-state index is 13.0. The van der Waals surface area contributed by atoms with E-state index in [1.165, 1.54) is 49.2 Å². The zero-order valence-electron chi connectivity index (χ0n) is 17.5. The summed E-state index contributed by atoms with van der Waals surface area (Å²) in [6, 6.07) is 5.36. The van der Waals surface area contributed by atoms with Gasteiger partial charge in [0.05, 0.1) is 17.6 Å². The third-order valence-electron chi connectivity index (χ3n) is 4.96. The lowest BCUT2D eigenvalue weighted by molar-refractivity contribution is -0.153. The van der Waals surface area contributed by atoms with Crippen LogP contribution in [0.25, 0.3) is 0 Å². The summed E-state index contributed by atoms with van der Waals surface area (Å²) in [6.45, 7) is 3.07. The van der Waals surface area contributed by atoms with Gasteiger partial charge in [-0.2, -0.15) is 13.2 Å². The van der Waals surface area contributed by atoms with Crippen LogP contribution in [-0.4, -0.2) is 45.2 Å². The number of halogens is 4. The van der Waals surface area contributed by atoms with E-state index < -0.39 is 30.3 Å². The Bertz CT molecular complexity index is 1050. The van der Waals surface area contributed by atoms with Crippen molar-refractivity contribution in [3.63, 3.8) is 0 Å². The van der Waals surface area contributed by atoms with Gasteiger partial charge in [-0.15, -0.1) is 0 Å². The molecule has 172 valence electrons. The second-order valence-electron chi connectivity index (χ2n) is 7.90. The fraction of sp³-hybridized carbons (Fsp3) is 0.381. The number of aliphatic hydroxyl groups is 1. The van der Waals surface area contributed by atoms with E-state index in [-0.39, 0.29) is 29.0 Å². The number of nitrogens with zero attached hydrogens (tertiary/aromatic N) is 2. The molecule has 0 saturated carbocycles. The number of carbonyl (C=O) groups excluding carboxylic acids is 2. The number of ether oxygens (including phenoxy) is 1. The van der Waals surface area contributed by atoms with Crippen LogP contribution in [0.3, 0.4) is 0 Å². The van der Waals surface area contributed by atoms with Crippen molar-refractivity contribution in [1.29, 1.82) is 0 Å². The highest BCUT2D eigenvalue weighted by atomic mass is 35.5. The van der Waals surface area contributed by atoms with Gasteiger partial charge in [0.25, 0.3) is 11.8 Å². The van der Waals surface area contributed by atoms with Crippen molar-refractivity contribution in [1.82, 2.24) is 9.88 Å². The Morgan fingerprint density at radius 1 is 1.34 bits per heavy atom. The van der Waals surface area contributed by atoms with E-state index in [2.05, 4.69) is 10.3 Å². The first-order valence-electron chi connectivity index (χ1n) is 9.59. The monoisotopic (exact) mass is 471 g/mol. The van der Waals surface area contributed by atoms with Gasteiger partial charge in [0.2, 0.25) is 0 Å². The molecule has 32 heavy (non-hydrogen) atoms. The molecule has 0 saturated heterocycles. The summed E-state index contributed by atoms with van der Waals surface area (Å²) < 4.78 is 41.8. The van der Waals surface area contributed by atoms with Crippen molar-refractivity contribution in [3.05, 3.63) is 52.2 Å². The minimum absolute atomic E-state index is 0.0115. The lowest BCUT2D eigenvalue weighted by Gasteiger charge is -2.25. The summed E-state index contributed by atoms with van der Waals surface area (Å²) in [5.41, 5.74) is -0.190. The van der Waals surface area contributed by atoms with E-state index >= 15 is 0 Å². The maximum atomic E-state index is 13.0. The van der Waals surface area contributed by atoms with Crippen LogP contribution in [0.15, 0.2) is 30.5 Å². The van der Waals surface area contributed by atoms with E-state index in [4.69, 9.17) is 16.3 Å². The SMILES string of the molecule is CC(c1ccc(OCC(F)(F)F)c(Cl)c1)N1Cc2c(ccnc2NC(=O)C(C)(C)O)C1=O. The number of alkyl halides is 3. The molecular formula is C21H21ClF3N3O4. The predicted molar refractivity (Wildman–Crippen MR) is 110 cm³/mol. The Morgan fingerprint density at radius 3 is 2.62 bits per heavy atom. The Balaban J connectivity index is 1.80. The summed E-state index contributed by atoms with van der Waals surface area (Å²) in [7, 11) is 0. The van der Waals surface area contributed by atoms with E-state index in [0.717, 1.165) is 0 Å². The molecule has 1 aromatic heterocycles. The number of pyridine rings is 1. The number of hydrogen-bond acceptors (Lipinski definition) is 5. The van der Waals surface area contributed by atoms with Gasteiger partial charge in [-0.3, -0.25) is 9.59 Å². The fourth-order valence-corrected chi connectivity index (χ4v) is 3.41. The Morgan fingerprint density at radius 2 is 2.03 bits per heavy atom. The number of rotatable bonds is 6. The maximum Gasteiger partial charge on any atom is 0.422 e. The molecule has 0 radical (unpaired) electrons. The molecule has 1 aliphatic heterocycles. The third kappa shape index (κ3) is 5.13. The van der Waals surface area contributed by atoms with Crippen LogP contribution in [0, 0.1) is 0 Å². The molecule has 0 fully saturated rings. The smallest absolute Gasteiger partial charge is 0.422 e. The van der Waals surface area contributed by atoms with Crippen LogP contribution in [0.4, 0.5) is 19.0 Å². The number of nitrogens with one attached hydrogen (secondary N) is 1. The van der Waals surface area contributed by atoms with E-state index in [9.17, 15) is 27.9 Å². The largest absolute Gasteiger partial charge is 0.483 e. The first-order valence-corrected chi connectivity index (χ1v) is 9.97. The summed E-state index contributed by atoms with van der Waals surface area (Å²) in [5, 5.41) is 12.4. The zero-order valence-corrected chi connectivity index (χ0v) is 18.2. The lowest BCUT2D eigenvalue weighted by atomic mass is 10.1. The summed E-state index contributed by atoms with van der Waals surface area (Å²) >= 11 is 6.08. The number of hydrogen-bond donors (Lipinski definition) is 2. The Hall–Kier alpha value is -2.85. The zero-order chi connectivity index (χ0) is 23.8. The molecule has 0 bridgehead atoms. The highest BCUT2D eigenvalue weighted by molar-refractivity contribution is 6.32. The topological polar surface area (TPSA) is 91.8 Å². The quantitative estimate of drug-likeness (QED) is 0.661. The van der Waals surface area contributed by atoms with Gasteiger partial charge in [-0.25, -0.2) is 4.98 Å². The van der Waals surface area contributed by atoms with Crippen LogP contribution < -0.4 is 10.1 Å². The number of benzene rings is 1. The molecule has 0 aliphatic carbocycles. The summed E-state index contributed by atoms with van der Waals surface area (Å²) in [6.07, 6.45) is -3.11. The van der Waals surface area contributed by atoms with Crippen LogP contribution in [-0.2, 0) is 11.3 Å². The fourth-order valence-electron chi connectivity index (χ4n) is 3.16. The van der Waals surface area contributed by atoms with Crippen molar-refractivity contribution in [3.8, 4) is 5.75 Å². The number of carbonyl (C=O) groups is 2. The number of anilines is 1. The van der Waals surface area contributed by atoms with Gasteiger partial charge in [0.15, 0.2) is 6.61 Å². The van der Waals surface area contributed by atoms with Crippen LogP contribution >= 0.6 is 11.6 Å². The molecule has 3 rings (SSSR count). The molecule has 1 atom stereocenters. The molecule has 2 aromatic rings. The van der Waals surface area contributed by atoms with E-state index in [0.29, 0.717) is 16.7 Å². The molecule has 0 spiro atoms. The number of aromatic nitrogens is 1. The van der Waals surface area contributed by atoms with Gasteiger partial charge in [0, 0.05) is 17.3 Å². The first kappa shape index (κ1) is 23.8. The van der Waals surface area contributed by atoms with Crippen molar-refractivity contribution >= 4 is 29.2 Å². The standard InChI is InChI=1S/C21H21ClF3N3O4/c1-11(12-4-5-16(15(22)8-12)32-10-21(23,24)25)28-9-14-13(18(28)29)6-7-26-17(14)27-19(30)20(2,3)31/h4-8,11,31H,9-10H2,1-3H3,(H,26,27,30). The molecule has 1 aliphatic rings. The molecule has 2 N–H and O–H groups in total. The van der Waals surface area contributed by atoms with Crippen molar-refractivity contribution in [2.75, 3.05) is 11.9 Å². The summed E-state index contributed by atoms with van der Waals surface area (Å²) in [5.74, 6) is -0.913. The number of fused-ring (bicyclic) bond motifs is 1. The number of amides is 2. The van der Waals surface area contributed by atoms with Crippen molar-refractivity contribution < 1.29 is 32.6 Å². The second-order valence-corrected chi connectivity index (χ2v) is 8.31. The minimum Gasteiger partial charge on any atom is -0.483 e. The van der Waals surface area contributed by atoms with Crippen LogP contribution in [0.5, 0.6) is 5.75 Å². The summed E-state index contributed by atoms with van der Waals surface area (Å²) in [4.78, 5) is 30.7. The van der Waals surface area contributed by atoms with E-state index in [1.54, 1.807) is 6.92 Å². The van der Waals surface area contributed by atoms with Gasteiger partial charge in [-0.1, -0.05) is 17.7 Å².